The van der Waals surface area contributed by atoms with Gasteiger partial charge in [-0.1, -0.05) is 0 Å². The van der Waals surface area contributed by atoms with Crippen molar-refractivity contribution >= 4 is 44.9 Å². The van der Waals surface area contributed by atoms with Gasteiger partial charge >= 0.3 is 0 Å². The standard InChI is InChI=1S/C11H17N3O2S3/c12-10-5-8(1-2-11(10)19(13,15)16)14-6-9-7-17-3-4-18-9/h1-2,5,9,14H,3-4,6-7,12H2,(H2,13,15,16). The highest BCUT2D eigenvalue weighted by atomic mass is 32.2. The van der Waals surface area contributed by atoms with E-state index < -0.39 is 10.0 Å². The maximum absolute atomic E-state index is 11.2. The van der Waals surface area contributed by atoms with Crippen molar-refractivity contribution in [2.75, 3.05) is 34.9 Å². The number of anilines is 2. The second-order valence-corrected chi connectivity index (χ2v) is 8.33. The lowest BCUT2D eigenvalue weighted by Gasteiger charge is -2.21. The molecule has 0 aromatic heterocycles. The minimum atomic E-state index is -3.75. The molecule has 0 saturated carbocycles. The average molecular weight is 319 g/mol. The van der Waals surface area contributed by atoms with Gasteiger partial charge in [0.1, 0.15) is 4.90 Å². The zero-order chi connectivity index (χ0) is 13.9. The van der Waals surface area contributed by atoms with Gasteiger partial charge in [-0.05, 0) is 18.2 Å². The second-order valence-electron chi connectivity index (χ2n) is 4.25. The maximum atomic E-state index is 11.2. The lowest BCUT2D eigenvalue weighted by molar-refractivity contribution is 0.598. The number of nitrogens with two attached hydrogens (primary N) is 2. The van der Waals surface area contributed by atoms with Gasteiger partial charge in [0.2, 0.25) is 10.0 Å². The van der Waals surface area contributed by atoms with Crippen LogP contribution >= 0.6 is 23.5 Å². The highest BCUT2D eigenvalue weighted by Crippen LogP contribution is 2.25. The molecule has 1 fully saturated rings. The summed E-state index contributed by atoms with van der Waals surface area (Å²) in [6.45, 7) is 0.853. The van der Waals surface area contributed by atoms with Crippen LogP contribution in [0.3, 0.4) is 0 Å². The van der Waals surface area contributed by atoms with Crippen LogP contribution in [-0.2, 0) is 10.0 Å². The summed E-state index contributed by atoms with van der Waals surface area (Å²) >= 11 is 3.93. The Morgan fingerprint density at radius 2 is 2.16 bits per heavy atom. The van der Waals surface area contributed by atoms with Crippen LogP contribution < -0.4 is 16.2 Å². The highest BCUT2D eigenvalue weighted by molar-refractivity contribution is 8.06. The molecule has 0 amide bonds. The van der Waals surface area contributed by atoms with E-state index in [2.05, 4.69) is 5.32 Å². The topological polar surface area (TPSA) is 98.2 Å². The van der Waals surface area contributed by atoms with E-state index in [0.717, 1.165) is 18.0 Å². The smallest absolute Gasteiger partial charge is 0.240 e. The predicted octanol–water partition coefficient (Wildman–Crippen LogP) is 1.18. The van der Waals surface area contributed by atoms with Crippen LogP contribution in [0.25, 0.3) is 0 Å². The molecule has 5 N–H and O–H groups in total. The molecule has 1 saturated heterocycles. The van der Waals surface area contributed by atoms with Crippen LogP contribution in [0.1, 0.15) is 0 Å². The summed E-state index contributed by atoms with van der Waals surface area (Å²) in [5, 5.41) is 8.93. The summed E-state index contributed by atoms with van der Waals surface area (Å²) in [5.74, 6) is 3.54. The molecule has 1 aromatic rings. The molecule has 1 heterocycles. The predicted molar refractivity (Wildman–Crippen MR) is 84.3 cm³/mol. The van der Waals surface area contributed by atoms with Crippen LogP contribution in [0.2, 0.25) is 0 Å². The van der Waals surface area contributed by atoms with Crippen LogP contribution in [-0.4, -0.2) is 37.5 Å². The normalized spacial score (nSPS) is 20.2. The average Bonchev–Trinajstić information content (AvgIpc) is 2.36. The number of hydrogen-bond acceptors (Lipinski definition) is 6. The van der Waals surface area contributed by atoms with Gasteiger partial charge in [0, 0.05) is 34.7 Å². The number of sulfonamides is 1. The Kier molecular flexibility index (Phi) is 4.88. The molecule has 8 heteroatoms. The van der Waals surface area contributed by atoms with Crippen molar-refractivity contribution < 1.29 is 8.42 Å². The Labute approximate surface area is 121 Å². The second kappa shape index (κ2) is 6.25. The van der Waals surface area contributed by atoms with Gasteiger partial charge in [0.05, 0.1) is 5.69 Å². The number of rotatable bonds is 4. The summed E-state index contributed by atoms with van der Waals surface area (Å²) in [6.07, 6.45) is 0. The van der Waals surface area contributed by atoms with Crippen molar-refractivity contribution in [1.82, 2.24) is 0 Å². The van der Waals surface area contributed by atoms with Crippen molar-refractivity contribution in [2.24, 2.45) is 5.14 Å². The summed E-state index contributed by atoms with van der Waals surface area (Å²) in [4.78, 5) is -0.0272. The van der Waals surface area contributed by atoms with Crippen molar-refractivity contribution in [2.45, 2.75) is 10.1 Å². The minimum absolute atomic E-state index is 0.0272. The van der Waals surface area contributed by atoms with Crippen molar-refractivity contribution in [3.05, 3.63) is 18.2 Å². The third-order valence-corrected chi connectivity index (χ3v) is 6.56. The summed E-state index contributed by atoms with van der Waals surface area (Å²) in [6, 6.07) is 4.74. The molecular weight excluding hydrogens is 302 g/mol. The number of nitrogens with one attached hydrogen (secondary N) is 1. The summed E-state index contributed by atoms with van der Waals surface area (Å²) < 4.78 is 22.5. The van der Waals surface area contributed by atoms with Gasteiger partial charge in [-0.2, -0.15) is 23.5 Å². The van der Waals surface area contributed by atoms with Crippen LogP contribution in [0.4, 0.5) is 11.4 Å². The minimum Gasteiger partial charge on any atom is -0.398 e. The molecular formula is C11H17N3O2S3. The first-order valence-electron chi connectivity index (χ1n) is 5.82. The first kappa shape index (κ1) is 14.8. The molecule has 2 rings (SSSR count). The molecule has 1 unspecified atom stereocenters. The summed E-state index contributed by atoms with van der Waals surface area (Å²) in [7, 11) is -3.75. The number of thioether (sulfide) groups is 2. The van der Waals surface area contributed by atoms with Crippen molar-refractivity contribution in [3.8, 4) is 0 Å². The van der Waals surface area contributed by atoms with Gasteiger partial charge in [-0.15, -0.1) is 0 Å². The largest absolute Gasteiger partial charge is 0.398 e. The number of hydrogen-bond donors (Lipinski definition) is 3. The van der Waals surface area contributed by atoms with E-state index in [1.54, 1.807) is 12.1 Å². The van der Waals surface area contributed by atoms with Gasteiger partial charge in [0.15, 0.2) is 0 Å². The summed E-state index contributed by atoms with van der Waals surface area (Å²) in [5.41, 5.74) is 6.71. The van der Waals surface area contributed by atoms with Crippen molar-refractivity contribution in [3.63, 3.8) is 0 Å². The number of primary sulfonamides is 1. The van der Waals surface area contributed by atoms with E-state index in [1.807, 2.05) is 23.5 Å². The van der Waals surface area contributed by atoms with Crippen LogP contribution in [0.5, 0.6) is 0 Å². The first-order valence-corrected chi connectivity index (χ1v) is 9.57. The van der Waals surface area contributed by atoms with Crippen LogP contribution in [0, 0.1) is 0 Å². The van der Waals surface area contributed by atoms with Gasteiger partial charge in [-0.25, -0.2) is 13.6 Å². The molecule has 1 aromatic carbocycles. The van der Waals surface area contributed by atoms with Gasteiger partial charge in [-0.3, -0.25) is 0 Å². The van der Waals surface area contributed by atoms with E-state index in [4.69, 9.17) is 10.9 Å². The molecule has 1 atom stereocenters. The molecule has 1 aliphatic heterocycles. The Morgan fingerprint density at radius 1 is 1.37 bits per heavy atom. The Morgan fingerprint density at radius 3 is 2.74 bits per heavy atom. The fourth-order valence-electron chi connectivity index (χ4n) is 1.80. The zero-order valence-corrected chi connectivity index (χ0v) is 12.8. The van der Waals surface area contributed by atoms with Crippen molar-refractivity contribution in [1.29, 1.82) is 0 Å². The van der Waals surface area contributed by atoms with E-state index in [0.29, 0.717) is 5.25 Å². The maximum Gasteiger partial charge on any atom is 0.240 e. The Bertz CT molecular complexity index is 542. The first-order chi connectivity index (χ1) is 8.97. The molecule has 5 nitrogen and oxygen atoms in total. The monoisotopic (exact) mass is 319 g/mol. The lowest BCUT2D eigenvalue weighted by Crippen LogP contribution is -2.23. The van der Waals surface area contributed by atoms with Gasteiger partial charge in [0.25, 0.3) is 0 Å². The molecule has 0 bridgehead atoms. The third kappa shape index (κ3) is 4.20. The molecule has 0 spiro atoms. The van der Waals surface area contributed by atoms with Gasteiger partial charge < -0.3 is 11.1 Å². The van der Waals surface area contributed by atoms with E-state index in [1.165, 1.54) is 17.6 Å². The molecule has 19 heavy (non-hydrogen) atoms. The lowest BCUT2D eigenvalue weighted by atomic mass is 10.3. The fourth-order valence-corrected chi connectivity index (χ4v) is 5.06. The Balaban J connectivity index is 2.00. The molecule has 0 radical (unpaired) electrons. The molecule has 1 aliphatic rings. The van der Waals surface area contributed by atoms with E-state index in [-0.39, 0.29) is 10.6 Å². The van der Waals surface area contributed by atoms with E-state index in [9.17, 15) is 8.42 Å². The number of benzene rings is 1. The van der Waals surface area contributed by atoms with Crippen LogP contribution in [0.15, 0.2) is 23.1 Å². The van der Waals surface area contributed by atoms with E-state index >= 15 is 0 Å². The third-order valence-electron chi connectivity index (χ3n) is 2.74. The highest BCUT2D eigenvalue weighted by Gasteiger charge is 2.15. The quantitative estimate of drug-likeness (QED) is 0.721. The molecule has 106 valence electrons. The zero-order valence-electron chi connectivity index (χ0n) is 10.3. The SMILES string of the molecule is Nc1cc(NCC2CSCCS2)ccc1S(N)(=O)=O. The number of nitrogen functional groups attached to an aromatic ring is 1. The fraction of sp³-hybridized carbons (Fsp3) is 0.455. The Hall–Kier alpha value is -0.570. The molecule has 0 aliphatic carbocycles.